The molecule has 7 nitrogen and oxygen atoms in total. The number of carboxylic acids is 1. The maximum atomic E-state index is 14.6. The Bertz CT molecular complexity index is 1920. The molecule has 4 aliphatic rings. The first-order chi connectivity index (χ1) is 20.9. The van der Waals surface area contributed by atoms with Gasteiger partial charge in [0, 0.05) is 40.9 Å². The summed E-state index contributed by atoms with van der Waals surface area (Å²) in [5.74, 6) is -0.169. The fourth-order valence-electron chi connectivity index (χ4n) is 7.00. The molecule has 3 saturated carbocycles. The van der Waals surface area contributed by atoms with Crippen LogP contribution >= 0.6 is 11.8 Å². The lowest BCUT2D eigenvalue weighted by atomic mass is 9.61. The van der Waals surface area contributed by atoms with Gasteiger partial charge in [0.15, 0.2) is 5.82 Å². The molecule has 3 fully saturated rings. The first-order valence-electron chi connectivity index (χ1n) is 14.4. The van der Waals surface area contributed by atoms with Crippen LogP contribution in [-0.2, 0) is 4.79 Å². The zero-order valence-electron chi connectivity index (χ0n) is 22.8. The van der Waals surface area contributed by atoms with Crippen molar-refractivity contribution < 1.29 is 23.4 Å². The van der Waals surface area contributed by atoms with Crippen molar-refractivity contribution in [2.75, 3.05) is 5.32 Å². The predicted octanol–water partition coefficient (Wildman–Crippen LogP) is 8.13. The Hall–Kier alpha value is -4.44. The number of carboxylic acid groups (broad SMARTS) is 1. The van der Waals surface area contributed by atoms with Crippen LogP contribution in [0.1, 0.15) is 25.7 Å². The number of aromatic nitrogens is 3. The van der Waals surface area contributed by atoms with Crippen LogP contribution in [-0.4, -0.2) is 32.1 Å². The second-order valence-corrected chi connectivity index (χ2v) is 12.6. The summed E-state index contributed by atoms with van der Waals surface area (Å²) in [5.41, 5.74) is 1.94. The van der Waals surface area contributed by atoms with E-state index in [9.17, 15) is 18.7 Å². The van der Waals surface area contributed by atoms with E-state index in [0.29, 0.717) is 28.2 Å². The average Bonchev–Trinajstić information content (AvgIpc) is 3.44. The smallest absolute Gasteiger partial charge is 0.308 e. The molecule has 2 aromatic heterocycles. The van der Waals surface area contributed by atoms with Gasteiger partial charge in [-0.3, -0.25) is 4.79 Å². The zero-order valence-corrected chi connectivity index (χ0v) is 23.6. The van der Waals surface area contributed by atoms with Gasteiger partial charge in [-0.2, -0.15) is 0 Å². The summed E-state index contributed by atoms with van der Waals surface area (Å²) in [6.07, 6.45) is 5.35. The van der Waals surface area contributed by atoms with Gasteiger partial charge < -0.3 is 20.1 Å². The highest BCUT2D eigenvalue weighted by atomic mass is 32.2. The van der Waals surface area contributed by atoms with Crippen LogP contribution in [0.5, 0.6) is 11.5 Å². The van der Waals surface area contributed by atoms with Crippen LogP contribution in [0.2, 0.25) is 0 Å². The number of carbonyl (C=O) groups is 1. The summed E-state index contributed by atoms with van der Waals surface area (Å²) in [6, 6.07) is 17.3. The Morgan fingerprint density at radius 1 is 0.953 bits per heavy atom. The monoisotopic (exact) mass is 596 g/mol. The van der Waals surface area contributed by atoms with Crippen molar-refractivity contribution in [2.24, 2.45) is 17.8 Å². The van der Waals surface area contributed by atoms with Gasteiger partial charge in [0.1, 0.15) is 29.0 Å². The maximum absolute atomic E-state index is 14.6. The fraction of sp³-hybridized carbons (Fsp3) is 0.242. The number of aliphatic carboxylic acids is 1. The number of anilines is 1. The predicted molar refractivity (Wildman–Crippen MR) is 159 cm³/mol. The summed E-state index contributed by atoms with van der Waals surface area (Å²) >= 11 is 1.63. The zero-order chi connectivity index (χ0) is 29.2. The Kier molecular flexibility index (Phi) is 6.15. The molecule has 216 valence electrons. The number of aromatic amines is 1. The largest absolute Gasteiger partial charge is 0.481 e. The molecule has 3 aromatic carbocycles. The van der Waals surface area contributed by atoms with E-state index in [2.05, 4.69) is 10.3 Å². The van der Waals surface area contributed by atoms with Gasteiger partial charge in [-0.15, -0.1) is 0 Å². The maximum Gasteiger partial charge on any atom is 0.308 e. The summed E-state index contributed by atoms with van der Waals surface area (Å²) < 4.78 is 35.1. The molecular formula is C33H26F2N4O3S. The number of hydrogen-bond acceptors (Lipinski definition) is 6. The summed E-state index contributed by atoms with van der Waals surface area (Å²) in [6.45, 7) is 0. The van der Waals surface area contributed by atoms with Crippen molar-refractivity contribution in [1.82, 2.24) is 15.0 Å². The van der Waals surface area contributed by atoms with E-state index in [1.807, 2.05) is 48.5 Å². The third-order valence-electron chi connectivity index (χ3n) is 9.02. The molecule has 3 N–H and O–H groups in total. The van der Waals surface area contributed by atoms with Gasteiger partial charge in [-0.25, -0.2) is 18.7 Å². The molecule has 43 heavy (non-hydrogen) atoms. The number of fused-ring (bicyclic) bond motifs is 6. The van der Waals surface area contributed by atoms with Crippen LogP contribution in [0, 0.1) is 29.4 Å². The minimum absolute atomic E-state index is 0.124. The number of nitrogens with zero attached hydrogens (tertiary/aromatic N) is 2. The standard InChI is InChI=1S/C33H26F2N4O3S/c34-19-12-20-21(15-36-31(20)22(35)13-19)32-37-23(18-9-10-27-25(11-18)42-24-3-1-2-4-26(24)43-27)14-28(39-32)38-30-17-7-5-16(6-8-17)29(30)33(40)41/h1-4,9-17,29-30,36H,5-8H2,(H,40,41)(H,37,38,39)/t16?,17?,29-,30?/m1/s1. The van der Waals surface area contributed by atoms with Crippen LogP contribution in [0.15, 0.2) is 76.7 Å². The van der Waals surface area contributed by atoms with Crippen molar-refractivity contribution in [3.8, 4) is 34.1 Å². The molecule has 0 radical (unpaired) electrons. The number of nitrogens with one attached hydrogen (secondary N) is 2. The molecule has 0 amide bonds. The lowest BCUT2D eigenvalue weighted by molar-refractivity contribution is -0.148. The van der Waals surface area contributed by atoms with Gasteiger partial charge in [0.2, 0.25) is 0 Å². The lowest BCUT2D eigenvalue weighted by Gasteiger charge is -2.47. The van der Waals surface area contributed by atoms with E-state index < -0.39 is 23.5 Å². The van der Waals surface area contributed by atoms with Crippen LogP contribution < -0.4 is 10.1 Å². The molecule has 5 aromatic rings. The van der Waals surface area contributed by atoms with E-state index in [4.69, 9.17) is 14.7 Å². The van der Waals surface area contributed by atoms with Crippen molar-refractivity contribution in [2.45, 2.75) is 41.5 Å². The van der Waals surface area contributed by atoms with E-state index >= 15 is 0 Å². The molecule has 3 heterocycles. The first kappa shape index (κ1) is 26.2. The highest BCUT2D eigenvalue weighted by Gasteiger charge is 2.47. The molecule has 3 aliphatic carbocycles. The van der Waals surface area contributed by atoms with Crippen LogP contribution in [0.4, 0.5) is 14.6 Å². The van der Waals surface area contributed by atoms with Crippen molar-refractivity contribution >= 4 is 34.5 Å². The Morgan fingerprint density at radius 3 is 2.58 bits per heavy atom. The topological polar surface area (TPSA) is 100 Å². The van der Waals surface area contributed by atoms with Gasteiger partial charge >= 0.3 is 5.97 Å². The third-order valence-corrected chi connectivity index (χ3v) is 10.1. The SMILES string of the molecule is O=C(O)[C@@H]1C2CCC(CC2)C1Nc1cc(-c2ccc3c(c2)Oc2ccccc2S3)nc(-c2c[nH]c3c(F)cc(F)cc23)n1. The molecule has 1 aliphatic heterocycles. The minimum Gasteiger partial charge on any atom is -0.481 e. The Balaban J connectivity index is 1.24. The molecule has 0 saturated heterocycles. The number of rotatable bonds is 5. The van der Waals surface area contributed by atoms with Gasteiger partial charge in [0.05, 0.1) is 26.9 Å². The molecule has 2 bridgehead atoms. The van der Waals surface area contributed by atoms with Crippen molar-refractivity contribution in [3.63, 3.8) is 0 Å². The quantitative estimate of drug-likeness (QED) is 0.185. The number of benzene rings is 3. The number of para-hydroxylation sites is 1. The first-order valence-corrected chi connectivity index (χ1v) is 15.2. The summed E-state index contributed by atoms with van der Waals surface area (Å²) in [4.78, 5) is 26.9. The minimum atomic E-state index is -0.798. The number of hydrogen-bond donors (Lipinski definition) is 3. The van der Waals surface area contributed by atoms with Gasteiger partial charge in [-0.1, -0.05) is 30.0 Å². The Labute approximate surface area is 249 Å². The van der Waals surface area contributed by atoms with Gasteiger partial charge in [0.25, 0.3) is 0 Å². The highest BCUT2D eigenvalue weighted by molar-refractivity contribution is 7.99. The average molecular weight is 597 g/mol. The highest BCUT2D eigenvalue weighted by Crippen LogP contribution is 2.49. The van der Waals surface area contributed by atoms with Crippen LogP contribution in [0.3, 0.4) is 0 Å². The molecule has 10 heteroatoms. The molecule has 2 atom stereocenters. The number of ether oxygens (including phenoxy) is 1. The van der Waals surface area contributed by atoms with E-state index in [-0.39, 0.29) is 29.2 Å². The Morgan fingerprint density at radius 2 is 1.74 bits per heavy atom. The van der Waals surface area contributed by atoms with E-state index in [0.717, 1.165) is 52.9 Å². The lowest BCUT2D eigenvalue weighted by Crippen LogP contribution is -2.51. The second-order valence-electron chi connectivity index (χ2n) is 11.5. The van der Waals surface area contributed by atoms with Crippen molar-refractivity contribution in [3.05, 3.63) is 78.5 Å². The summed E-state index contributed by atoms with van der Waals surface area (Å²) in [5, 5.41) is 13.9. The van der Waals surface area contributed by atoms with E-state index in [1.165, 1.54) is 6.07 Å². The molecule has 0 spiro atoms. The molecule has 1 unspecified atom stereocenters. The van der Waals surface area contributed by atoms with E-state index in [1.54, 1.807) is 18.0 Å². The number of halogens is 2. The normalized spacial score (nSPS) is 22.1. The number of H-pyrrole nitrogens is 1. The molecule has 9 rings (SSSR count). The van der Waals surface area contributed by atoms with Crippen molar-refractivity contribution in [1.29, 1.82) is 0 Å². The third kappa shape index (κ3) is 4.52. The van der Waals surface area contributed by atoms with Crippen LogP contribution in [0.25, 0.3) is 33.5 Å². The molecular weight excluding hydrogens is 570 g/mol. The summed E-state index contributed by atoms with van der Waals surface area (Å²) in [7, 11) is 0. The fourth-order valence-corrected chi connectivity index (χ4v) is 7.93. The second kappa shape index (κ2) is 10.1. The van der Waals surface area contributed by atoms with Gasteiger partial charge in [-0.05, 0) is 67.9 Å².